The van der Waals surface area contributed by atoms with E-state index in [0.717, 1.165) is 23.3 Å². The van der Waals surface area contributed by atoms with Crippen LogP contribution in [0.2, 0.25) is 5.02 Å². The van der Waals surface area contributed by atoms with Gasteiger partial charge in [-0.1, -0.05) is 35.9 Å². The number of rotatable bonds is 5. The Morgan fingerprint density at radius 1 is 1.16 bits per heavy atom. The Morgan fingerprint density at radius 3 is 2.53 bits per heavy atom. The Kier molecular flexibility index (Phi) is 4.83. The summed E-state index contributed by atoms with van der Waals surface area (Å²) >= 11 is 5.88. The first-order valence-electron chi connectivity index (χ1n) is 6.22. The molecule has 0 spiro atoms. The van der Waals surface area contributed by atoms with Crippen LogP contribution in [0.5, 0.6) is 5.75 Å². The molecule has 0 aliphatic rings. The fourth-order valence-corrected chi connectivity index (χ4v) is 2.23. The Labute approximate surface area is 118 Å². The van der Waals surface area contributed by atoms with Gasteiger partial charge in [-0.25, -0.2) is 0 Å². The number of aliphatic hydroxyl groups is 1. The van der Waals surface area contributed by atoms with E-state index < -0.39 is 0 Å². The molecule has 2 nitrogen and oxygen atoms in total. The summed E-state index contributed by atoms with van der Waals surface area (Å²) < 4.78 is 5.21. The monoisotopic (exact) mass is 276 g/mol. The second-order valence-electron chi connectivity index (χ2n) is 4.49. The van der Waals surface area contributed by atoms with E-state index in [1.807, 2.05) is 48.5 Å². The molecule has 0 bridgehead atoms. The van der Waals surface area contributed by atoms with Crippen molar-refractivity contribution in [1.29, 1.82) is 0 Å². The molecule has 3 heteroatoms. The number of ether oxygens (including phenoxy) is 1. The maximum absolute atomic E-state index is 9.57. The first-order valence-corrected chi connectivity index (χ1v) is 6.60. The second kappa shape index (κ2) is 6.60. The van der Waals surface area contributed by atoms with E-state index in [0.29, 0.717) is 5.02 Å². The van der Waals surface area contributed by atoms with Gasteiger partial charge in [0.25, 0.3) is 0 Å². The lowest BCUT2D eigenvalue weighted by molar-refractivity contribution is 0.264. The van der Waals surface area contributed by atoms with Crippen LogP contribution >= 0.6 is 11.6 Å². The molecular formula is C16H17ClO2. The number of halogens is 1. The van der Waals surface area contributed by atoms with Crippen molar-refractivity contribution in [3.63, 3.8) is 0 Å². The fraction of sp³-hybridized carbons (Fsp3) is 0.250. The van der Waals surface area contributed by atoms with Gasteiger partial charge in [0.15, 0.2) is 0 Å². The summed E-state index contributed by atoms with van der Waals surface area (Å²) in [7, 11) is 1.65. The smallest absolute Gasteiger partial charge is 0.119 e. The molecule has 2 aromatic carbocycles. The van der Waals surface area contributed by atoms with Crippen LogP contribution < -0.4 is 4.74 Å². The predicted octanol–water partition coefficient (Wildman–Crippen LogP) is 3.67. The van der Waals surface area contributed by atoms with Crippen molar-refractivity contribution in [2.24, 2.45) is 0 Å². The minimum Gasteiger partial charge on any atom is -0.497 e. The number of benzene rings is 2. The molecule has 1 atom stereocenters. The molecule has 2 aromatic rings. The minimum atomic E-state index is 0.0735. The molecular weight excluding hydrogens is 260 g/mol. The van der Waals surface area contributed by atoms with E-state index >= 15 is 0 Å². The largest absolute Gasteiger partial charge is 0.497 e. The van der Waals surface area contributed by atoms with E-state index in [4.69, 9.17) is 16.3 Å². The molecule has 0 aliphatic carbocycles. The van der Waals surface area contributed by atoms with Crippen molar-refractivity contribution < 1.29 is 9.84 Å². The zero-order valence-electron chi connectivity index (χ0n) is 10.8. The van der Waals surface area contributed by atoms with Crippen LogP contribution in [-0.2, 0) is 6.42 Å². The highest BCUT2D eigenvalue weighted by Crippen LogP contribution is 2.24. The van der Waals surface area contributed by atoms with Gasteiger partial charge < -0.3 is 9.84 Å². The van der Waals surface area contributed by atoms with Gasteiger partial charge in [0.05, 0.1) is 13.7 Å². The molecule has 0 fully saturated rings. The Morgan fingerprint density at radius 2 is 1.89 bits per heavy atom. The first kappa shape index (κ1) is 13.9. The van der Waals surface area contributed by atoms with Crippen molar-refractivity contribution in [1.82, 2.24) is 0 Å². The Hall–Kier alpha value is -1.51. The van der Waals surface area contributed by atoms with E-state index in [-0.39, 0.29) is 12.5 Å². The van der Waals surface area contributed by atoms with E-state index in [2.05, 4.69) is 0 Å². The summed E-state index contributed by atoms with van der Waals surface area (Å²) in [5.74, 6) is 0.912. The predicted molar refractivity (Wildman–Crippen MR) is 78.0 cm³/mol. The van der Waals surface area contributed by atoms with Gasteiger partial charge >= 0.3 is 0 Å². The standard InChI is InChI=1S/C16H17ClO2/c1-19-16-4-2-3-12(10-16)9-14(11-18)13-5-7-15(17)8-6-13/h2-8,10,14,18H,9,11H2,1H3. The van der Waals surface area contributed by atoms with Crippen LogP contribution in [0.25, 0.3) is 0 Å². The highest BCUT2D eigenvalue weighted by molar-refractivity contribution is 6.30. The molecule has 1 N–H and O–H groups in total. The molecule has 0 amide bonds. The van der Waals surface area contributed by atoms with Crippen LogP contribution in [-0.4, -0.2) is 18.8 Å². The van der Waals surface area contributed by atoms with Crippen LogP contribution in [0.3, 0.4) is 0 Å². The quantitative estimate of drug-likeness (QED) is 0.903. The molecule has 19 heavy (non-hydrogen) atoms. The molecule has 0 aliphatic heterocycles. The van der Waals surface area contributed by atoms with Gasteiger partial charge in [0.2, 0.25) is 0 Å². The first-order chi connectivity index (χ1) is 9.22. The Bertz CT molecular complexity index is 523. The molecule has 0 heterocycles. The molecule has 0 saturated carbocycles. The summed E-state index contributed by atoms with van der Waals surface area (Å²) in [6, 6.07) is 15.5. The topological polar surface area (TPSA) is 29.5 Å². The highest BCUT2D eigenvalue weighted by atomic mass is 35.5. The average Bonchev–Trinajstić information content (AvgIpc) is 2.46. The minimum absolute atomic E-state index is 0.0735. The highest BCUT2D eigenvalue weighted by Gasteiger charge is 2.11. The number of methoxy groups -OCH3 is 1. The third-order valence-electron chi connectivity index (χ3n) is 3.18. The molecule has 1 unspecified atom stereocenters. The zero-order chi connectivity index (χ0) is 13.7. The van der Waals surface area contributed by atoms with E-state index in [9.17, 15) is 5.11 Å². The van der Waals surface area contributed by atoms with Gasteiger partial charge in [0.1, 0.15) is 5.75 Å². The van der Waals surface area contributed by atoms with Gasteiger partial charge in [-0.3, -0.25) is 0 Å². The summed E-state index contributed by atoms with van der Waals surface area (Å²) in [4.78, 5) is 0. The van der Waals surface area contributed by atoms with Crippen LogP contribution in [0.15, 0.2) is 48.5 Å². The fourth-order valence-electron chi connectivity index (χ4n) is 2.11. The molecule has 0 saturated heterocycles. The van der Waals surface area contributed by atoms with Crippen LogP contribution in [0.1, 0.15) is 17.0 Å². The number of hydrogen-bond donors (Lipinski definition) is 1. The van der Waals surface area contributed by atoms with Crippen molar-refractivity contribution in [3.8, 4) is 5.75 Å². The lowest BCUT2D eigenvalue weighted by Gasteiger charge is -2.15. The van der Waals surface area contributed by atoms with Crippen molar-refractivity contribution in [2.45, 2.75) is 12.3 Å². The van der Waals surface area contributed by atoms with Gasteiger partial charge in [-0.2, -0.15) is 0 Å². The lowest BCUT2D eigenvalue weighted by Crippen LogP contribution is -2.07. The summed E-state index contributed by atoms with van der Waals surface area (Å²) in [5.41, 5.74) is 2.24. The second-order valence-corrected chi connectivity index (χ2v) is 4.92. The van der Waals surface area contributed by atoms with Gasteiger partial charge in [-0.15, -0.1) is 0 Å². The molecule has 0 radical (unpaired) electrons. The van der Waals surface area contributed by atoms with Crippen LogP contribution in [0.4, 0.5) is 0 Å². The maximum atomic E-state index is 9.57. The van der Waals surface area contributed by atoms with E-state index in [1.165, 1.54) is 0 Å². The van der Waals surface area contributed by atoms with E-state index in [1.54, 1.807) is 7.11 Å². The SMILES string of the molecule is COc1cccc(CC(CO)c2ccc(Cl)cc2)c1. The maximum Gasteiger partial charge on any atom is 0.119 e. The third kappa shape index (κ3) is 3.72. The average molecular weight is 277 g/mol. The zero-order valence-corrected chi connectivity index (χ0v) is 11.6. The normalized spacial score (nSPS) is 12.2. The van der Waals surface area contributed by atoms with Crippen LogP contribution in [0, 0.1) is 0 Å². The summed E-state index contributed by atoms with van der Waals surface area (Å²) in [6.45, 7) is 0.110. The molecule has 0 aromatic heterocycles. The number of hydrogen-bond acceptors (Lipinski definition) is 2. The molecule has 2 rings (SSSR count). The molecule has 100 valence electrons. The van der Waals surface area contributed by atoms with Gasteiger partial charge in [0, 0.05) is 10.9 Å². The van der Waals surface area contributed by atoms with Crippen molar-refractivity contribution in [2.75, 3.05) is 13.7 Å². The number of aliphatic hydroxyl groups excluding tert-OH is 1. The summed E-state index contributed by atoms with van der Waals surface area (Å²) in [5, 5.41) is 10.3. The Balaban J connectivity index is 2.16. The lowest BCUT2D eigenvalue weighted by atomic mass is 9.93. The summed E-state index contributed by atoms with van der Waals surface area (Å²) in [6.07, 6.45) is 0.773. The van der Waals surface area contributed by atoms with Gasteiger partial charge in [-0.05, 0) is 41.8 Å². The third-order valence-corrected chi connectivity index (χ3v) is 3.43. The van der Waals surface area contributed by atoms with Crippen molar-refractivity contribution in [3.05, 3.63) is 64.7 Å². The van der Waals surface area contributed by atoms with Crippen molar-refractivity contribution >= 4 is 11.6 Å².